The van der Waals surface area contributed by atoms with E-state index in [0.717, 1.165) is 25.7 Å². The zero-order valence-electron chi connectivity index (χ0n) is 12.7. The van der Waals surface area contributed by atoms with E-state index in [4.69, 9.17) is 4.74 Å². The van der Waals surface area contributed by atoms with E-state index in [1.807, 2.05) is 0 Å². The summed E-state index contributed by atoms with van der Waals surface area (Å²) in [6.07, 6.45) is 4.22. The lowest BCUT2D eigenvalue weighted by Gasteiger charge is -2.37. The minimum Gasteiger partial charge on any atom is -0.377 e. The molecule has 2 aliphatic rings. The number of nitrogens with one attached hydrogen (secondary N) is 1. The Bertz CT molecular complexity index is 236. The quantitative estimate of drug-likeness (QED) is 0.702. The predicted molar refractivity (Wildman–Crippen MR) is 79.6 cm³/mol. The van der Waals surface area contributed by atoms with Crippen molar-refractivity contribution >= 4 is 0 Å². The van der Waals surface area contributed by atoms with Crippen molar-refractivity contribution in [1.82, 2.24) is 15.1 Å². The van der Waals surface area contributed by atoms with Gasteiger partial charge in [-0.05, 0) is 26.2 Å². The molecule has 2 unspecified atom stereocenters. The van der Waals surface area contributed by atoms with Crippen LogP contribution in [0, 0.1) is 0 Å². The van der Waals surface area contributed by atoms with Gasteiger partial charge in [0, 0.05) is 58.5 Å². The molecule has 4 heteroatoms. The SMILES string of the molecule is CCC(C)N1CCN(CCNCC2CCCO2)CC1. The third-order valence-electron chi connectivity index (χ3n) is 4.62. The zero-order chi connectivity index (χ0) is 13.5. The number of piperazine rings is 1. The molecule has 0 radical (unpaired) electrons. The van der Waals surface area contributed by atoms with Gasteiger partial charge in [0.2, 0.25) is 0 Å². The lowest BCUT2D eigenvalue weighted by Crippen LogP contribution is -2.50. The molecule has 0 aliphatic carbocycles. The summed E-state index contributed by atoms with van der Waals surface area (Å²) in [5, 5.41) is 3.54. The third kappa shape index (κ3) is 5.03. The molecule has 0 aromatic carbocycles. The Balaban J connectivity index is 1.50. The molecule has 2 fully saturated rings. The second-order valence-corrected chi connectivity index (χ2v) is 5.97. The van der Waals surface area contributed by atoms with Gasteiger partial charge in [-0.15, -0.1) is 0 Å². The molecule has 0 amide bonds. The van der Waals surface area contributed by atoms with Crippen LogP contribution < -0.4 is 5.32 Å². The summed E-state index contributed by atoms with van der Waals surface area (Å²) in [4.78, 5) is 5.21. The Labute approximate surface area is 118 Å². The predicted octanol–water partition coefficient (Wildman–Crippen LogP) is 1.17. The first kappa shape index (κ1) is 15.2. The van der Waals surface area contributed by atoms with E-state index in [1.54, 1.807) is 0 Å². The molecule has 0 aromatic heterocycles. The summed E-state index contributed by atoms with van der Waals surface area (Å²) in [5.74, 6) is 0. The van der Waals surface area contributed by atoms with Gasteiger partial charge >= 0.3 is 0 Å². The lowest BCUT2D eigenvalue weighted by atomic mass is 10.2. The second-order valence-electron chi connectivity index (χ2n) is 5.97. The number of ether oxygens (including phenoxy) is 1. The van der Waals surface area contributed by atoms with Crippen molar-refractivity contribution in [2.75, 3.05) is 52.4 Å². The van der Waals surface area contributed by atoms with Crippen LogP contribution >= 0.6 is 0 Å². The topological polar surface area (TPSA) is 27.7 Å². The lowest BCUT2D eigenvalue weighted by molar-refractivity contribution is 0.0954. The van der Waals surface area contributed by atoms with E-state index in [-0.39, 0.29) is 0 Å². The second kappa shape index (κ2) is 8.20. The van der Waals surface area contributed by atoms with Crippen molar-refractivity contribution < 1.29 is 4.74 Å². The summed E-state index contributed by atoms with van der Waals surface area (Å²) in [6.45, 7) is 13.8. The molecular formula is C15H31N3O. The van der Waals surface area contributed by atoms with Gasteiger partial charge in [-0.1, -0.05) is 6.92 Å². The highest BCUT2D eigenvalue weighted by Gasteiger charge is 2.19. The van der Waals surface area contributed by atoms with Crippen LogP contribution in [0.2, 0.25) is 0 Å². The van der Waals surface area contributed by atoms with Crippen molar-refractivity contribution in [3.8, 4) is 0 Å². The van der Waals surface area contributed by atoms with Crippen molar-refractivity contribution in [2.45, 2.75) is 45.3 Å². The minimum atomic E-state index is 0.474. The van der Waals surface area contributed by atoms with Crippen LogP contribution in [0.5, 0.6) is 0 Å². The number of rotatable bonds is 7. The third-order valence-corrected chi connectivity index (χ3v) is 4.62. The summed E-state index contributed by atoms with van der Waals surface area (Å²) in [5.41, 5.74) is 0. The molecular weight excluding hydrogens is 238 g/mol. The first-order valence-corrected chi connectivity index (χ1v) is 8.08. The molecule has 19 heavy (non-hydrogen) atoms. The van der Waals surface area contributed by atoms with Crippen LogP contribution in [-0.4, -0.2) is 74.4 Å². The van der Waals surface area contributed by atoms with Crippen molar-refractivity contribution in [3.63, 3.8) is 0 Å². The zero-order valence-corrected chi connectivity index (χ0v) is 12.7. The van der Waals surface area contributed by atoms with E-state index in [9.17, 15) is 0 Å². The van der Waals surface area contributed by atoms with E-state index < -0.39 is 0 Å². The van der Waals surface area contributed by atoms with E-state index >= 15 is 0 Å². The Kier molecular flexibility index (Phi) is 6.57. The highest BCUT2D eigenvalue weighted by molar-refractivity contribution is 4.76. The molecule has 2 heterocycles. The van der Waals surface area contributed by atoms with Crippen LogP contribution in [0.3, 0.4) is 0 Å². The maximum atomic E-state index is 5.61. The number of hydrogen-bond acceptors (Lipinski definition) is 4. The van der Waals surface area contributed by atoms with Gasteiger partial charge in [0.25, 0.3) is 0 Å². The summed E-state index contributed by atoms with van der Waals surface area (Å²) in [7, 11) is 0. The molecule has 2 rings (SSSR count). The Morgan fingerprint density at radius 2 is 2.05 bits per heavy atom. The Morgan fingerprint density at radius 1 is 1.26 bits per heavy atom. The van der Waals surface area contributed by atoms with E-state index in [0.29, 0.717) is 6.10 Å². The van der Waals surface area contributed by atoms with Crippen LogP contribution in [0.1, 0.15) is 33.1 Å². The highest BCUT2D eigenvalue weighted by atomic mass is 16.5. The smallest absolute Gasteiger partial charge is 0.0700 e. The van der Waals surface area contributed by atoms with E-state index in [2.05, 4.69) is 29.0 Å². The van der Waals surface area contributed by atoms with Gasteiger partial charge in [0.1, 0.15) is 0 Å². The summed E-state index contributed by atoms with van der Waals surface area (Å²) in [6, 6.07) is 0.750. The average Bonchev–Trinajstić information content (AvgIpc) is 2.96. The molecule has 0 bridgehead atoms. The molecule has 0 saturated carbocycles. The first-order valence-electron chi connectivity index (χ1n) is 8.08. The van der Waals surface area contributed by atoms with E-state index in [1.165, 1.54) is 52.0 Å². The summed E-state index contributed by atoms with van der Waals surface area (Å²) < 4.78 is 5.61. The maximum absolute atomic E-state index is 5.61. The fourth-order valence-corrected chi connectivity index (χ4v) is 2.99. The van der Waals surface area contributed by atoms with Gasteiger partial charge in [0.15, 0.2) is 0 Å². The van der Waals surface area contributed by atoms with Crippen LogP contribution in [0.25, 0.3) is 0 Å². The van der Waals surface area contributed by atoms with Crippen molar-refractivity contribution in [1.29, 1.82) is 0 Å². The summed E-state index contributed by atoms with van der Waals surface area (Å²) >= 11 is 0. The molecule has 2 aliphatic heterocycles. The standard InChI is InChI=1S/C15H31N3O/c1-3-14(2)18-10-8-17(9-11-18)7-6-16-13-15-5-4-12-19-15/h14-16H,3-13H2,1-2H3. The van der Waals surface area contributed by atoms with Gasteiger partial charge in [-0.2, -0.15) is 0 Å². The van der Waals surface area contributed by atoms with Gasteiger partial charge in [0.05, 0.1) is 6.10 Å². The Hall–Kier alpha value is -0.160. The van der Waals surface area contributed by atoms with Crippen molar-refractivity contribution in [3.05, 3.63) is 0 Å². The fraction of sp³-hybridized carbons (Fsp3) is 1.00. The number of hydrogen-bond donors (Lipinski definition) is 1. The van der Waals surface area contributed by atoms with Gasteiger partial charge < -0.3 is 10.1 Å². The van der Waals surface area contributed by atoms with Crippen LogP contribution in [-0.2, 0) is 4.74 Å². The van der Waals surface area contributed by atoms with Gasteiger partial charge in [-0.25, -0.2) is 0 Å². The largest absolute Gasteiger partial charge is 0.377 e. The molecule has 4 nitrogen and oxygen atoms in total. The normalized spacial score (nSPS) is 27.8. The highest BCUT2D eigenvalue weighted by Crippen LogP contribution is 2.10. The van der Waals surface area contributed by atoms with Gasteiger partial charge in [-0.3, -0.25) is 9.80 Å². The molecule has 2 saturated heterocycles. The molecule has 0 spiro atoms. The maximum Gasteiger partial charge on any atom is 0.0700 e. The minimum absolute atomic E-state index is 0.474. The monoisotopic (exact) mass is 269 g/mol. The average molecular weight is 269 g/mol. The fourth-order valence-electron chi connectivity index (χ4n) is 2.99. The molecule has 1 N–H and O–H groups in total. The van der Waals surface area contributed by atoms with Crippen molar-refractivity contribution in [2.24, 2.45) is 0 Å². The molecule has 0 aromatic rings. The first-order chi connectivity index (χ1) is 9.29. The van der Waals surface area contributed by atoms with Crippen LogP contribution in [0.4, 0.5) is 0 Å². The van der Waals surface area contributed by atoms with Crippen LogP contribution in [0.15, 0.2) is 0 Å². The number of nitrogens with zero attached hydrogens (tertiary/aromatic N) is 2. The molecule has 2 atom stereocenters. The molecule has 112 valence electrons. The Morgan fingerprint density at radius 3 is 2.68 bits per heavy atom.